The number of aliphatic carboxylic acids is 1. The Morgan fingerprint density at radius 3 is 2.72 bits per heavy atom. The summed E-state index contributed by atoms with van der Waals surface area (Å²) in [6.07, 6.45) is 8.97. The van der Waals surface area contributed by atoms with Crippen molar-refractivity contribution < 1.29 is 9.90 Å². The lowest BCUT2D eigenvalue weighted by Crippen LogP contribution is -1.93. The van der Waals surface area contributed by atoms with Crippen molar-refractivity contribution in [1.82, 2.24) is 0 Å². The lowest BCUT2D eigenvalue weighted by Gasteiger charge is -2.08. The van der Waals surface area contributed by atoms with Gasteiger partial charge >= 0.3 is 5.97 Å². The Kier molecular flexibility index (Phi) is 6.20. The summed E-state index contributed by atoms with van der Waals surface area (Å²) in [7, 11) is 0. The molecule has 1 N–H and O–H groups in total. The van der Waals surface area contributed by atoms with Gasteiger partial charge in [0.2, 0.25) is 0 Å². The Morgan fingerprint density at radius 1 is 1.28 bits per heavy atom. The zero-order valence-corrected chi connectivity index (χ0v) is 11.3. The Hall–Kier alpha value is -1.57. The van der Waals surface area contributed by atoms with E-state index in [-0.39, 0.29) is 0 Å². The molecule has 0 spiro atoms. The maximum absolute atomic E-state index is 10.5. The molecule has 98 valence electrons. The van der Waals surface area contributed by atoms with Crippen LogP contribution in [0.1, 0.15) is 49.3 Å². The predicted molar refractivity (Wildman–Crippen MR) is 75.7 cm³/mol. The maximum Gasteiger partial charge on any atom is 0.328 e. The van der Waals surface area contributed by atoms with E-state index in [9.17, 15) is 4.79 Å². The molecule has 0 bridgehead atoms. The van der Waals surface area contributed by atoms with Crippen molar-refractivity contribution in [3.8, 4) is 0 Å². The fraction of sp³-hybridized carbons (Fsp3) is 0.438. The van der Waals surface area contributed by atoms with Gasteiger partial charge < -0.3 is 5.11 Å². The topological polar surface area (TPSA) is 37.3 Å². The summed E-state index contributed by atoms with van der Waals surface area (Å²) in [5.74, 6) is -0.900. The van der Waals surface area contributed by atoms with E-state index in [1.807, 2.05) is 12.1 Å². The number of carboxylic acids is 1. The minimum absolute atomic E-state index is 0.900. The zero-order valence-electron chi connectivity index (χ0n) is 11.3. The highest BCUT2D eigenvalue weighted by atomic mass is 16.4. The second-order valence-corrected chi connectivity index (χ2v) is 4.61. The second kappa shape index (κ2) is 7.70. The van der Waals surface area contributed by atoms with Crippen LogP contribution in [0.15, 0.2) is 24.3 Å². The molecule has 0 saturated heterocycles. The van der Waals surface area contributed by atoms with E-state index in [1.165, 1.54) is 42.9 Å². The molecule has 1 aromatic carbocycles. The number of carboxylic acid groups (broad SMARTS) is 1. The molecular formula is C16H22O2. The minimum Gasteiger partial charge on any atom is -0.478 e. The fourth-order valence-electron chi connectivity index (χ4n) is 2.06. The number of hydrogen-bond donors (Lipinski definition) is 1. The van der Waals surface area contributed by atoms with Crippen LogP contribution in [-0.2, 0) is 11.2 Å². The normalized spacial score (nSPS) is 11.0. The number of hydrogen-bond acceptors (Lipinski definition) is 1. The molecule has 1 rings (SSSR count). The van der Waals surface area contributed by atoms with Gasteiger partial charge in [-0.3, -0.25) is 0 Å². The summed E-state index contributed by atoms with van der Waals surface area (Å²) in [5.41, 5.74) is 3.54. The van der Waals surface area contributed by atoms with Crippen LogP contribution in [0.2, 0.25) is 0 Å². The van der Waals surface area contributed by atoms with Gasteiger partial charge in [-0.05, 0) is 42.5 Å². The number of benzene rings is 1. The molecule has 2 heteroatoms. The molecule has 0 amide bonds. The molecule has 18 heavy (non-hydrogen) atoms. The van der Waals surface area contributed by atoms with Crippen molar-refractivity contribution in [2.75, 3.05) is 0 Å². The van der Waals surface area contributed by atoms with Crippen LogP contribution in [-0.4, -0.2) is 11.1 Å². The largest absolute Gasteiger partial charge is 0.478 e. The average molecular weight is 246 g/mol. The third-order valence-corrected chi connectivity index (χ3v) is 3.19. The molecule has 0 aliphatic carbocycles. The van der Waals surface area contributed by atoms with Gasteiger partial charge in [0.15, 0.2) is 0 Å². The molecule has 0 saturated carbocycles. The van der Waals surface area contributed by atoms with Gasteiger partial charge in [0.1, 0.15) is 0 Å². The third-order valence-electron chi connectivity index (χ3n) is 3.19. The molecule has 0 aliphatic heterocycles. The quantitative estimate of drug-likeness (QED) is 0.578. The lowest BCUT2D eigenvalue weighted by molar-refractivity contribution is -0.131. The first-order valence-corrected chi connectivity index (χ1v) is 6.64. The summed E-state index contributed by atoms with van der Waals surface area (Å²) in [4.78, 5) is 10.5. The van der Waals surface area contributed by atoms with E-state index in [0.717, 1.165) is 12.0 Å². The van der Waals surface area contributed by atoms with Crippen LogP contribution < -0.4 is 0 Å². The highest BCUT2D eigenvalue weighted by Gasteiger charge is 2.02. The Labute approximate surface area is 109 Å². The van der Waals surface area contributed by atoms with Gasteiger partial charge in [0.25, 0.3) is 0 Å². The molecule has 2 nitrogen and oxygen atoms in total. The van der Waals surface area contributed by atoms with Crippen molar-refractivity contribution in [1.29, 1.82) is 0 Å². The summed E-state index contributed by atoms with van der Waals surface area (Å²) in [6.45, 7) is 4.28. The highest BCUT2D eigenvalue weighted by molar-refractivity contribution is 5.85. The van der Waals surface area contributed by atoms with Crippen LogP contribution in [0.5, 0.6) is 0 Å². The van der Waals surface area contributed by atoms with Crippen molar-refractivity contribution >= 4 is 12.0 Å². The van der Waals surface area contributed by atoms with Gasteiger partial charge in [0, 0.05) is 6.08 Å². The van der Waals surface area contributed by atoms with Crippen molar-refractivity contribution in [2.24, 2.45) is 0 Å². The van der Waals surface area contributed by atoms with Crippen LogP contribution in [0.25, 0.3) is 6.08 Å². The van der Waals surface area contributed by atoms with Crippen LogP contribution >= 0.6 is 0 Å². The van der Waals surface area contributed by atoms with Crippen LogP contribution in [0, 0.1) is 6.92 Å². The second-order valence-electron chi connectivity index (χ2n) is 4.61. The van der Waals surface area contributed by atoms with Crippen molar-refractivity contribution in [3.05, 3.63) is 41.0 Å². The average Bonchev–Trinajstić information content (AvgIpc) is 2.35. The molecular weight excluding hydrogens is 224 g/mol. The molecule has 0 fully saturated rings. The van der Waals surface area contributed by atoms with E-state index in [0.29, 0.717) is 0 Å². The number of rotatable bonds is 7. The first-order valence-electron chi connectivity index (χ1n) is 6.64. The number of unbranched alkanes of at least 4 members (excludes halogenated alkanes) is 3. The van der Waals surface area contributed by atoms with Gasteiger partial charge in [-0.1, -0.05) is 44.4 Å². The first-order chi connectivity index (χ1) is 8.65. The van der Waals surface area contributed by atoms with Crippen molar-refractivity contribution in [3.63, 3.8) is 0 Å². The SMILES string of the molecule is CCCCCCc1cccc(/C=C/C(=O)O)c1C. The third kappa shape index (κ3) is 4.74. The van der Waals surface area contributed by atoms with Crippen LogP contribution in [0.4, 0.5) is 0 Å². The standard InChI is InChI=1S/C16H22O2/c1-3-4-5-6-8-14-9-7-10-15(13(14)2)11-12-16(17)18/h7,9-12H,3-6,8H2,1-2H3,(H,17,18)/b12-11+. The molecule has 0 atom stereocenters. The molecule has 0 heterocycles. The smallest absolute Gasteiger partial charge is 0.328 e. The molecule has 1 aromatic rings. The minimum atomic E-state index is -0.900. The van der Waals surface area contributed by atoms with Gasteiger partial charge in [-0.25, -0.2) is 4.79 Å². The van der Waals surface area contributed by atoms with Crippen LogP contribution in [0.3, 0.4) is 0 Å². The van der Waals surface area contributed by atoms with E-state index >= 15 is 0 Å². The molecule has 0 radical (unpaired) electrons. The Morgan fingerprint density at radius 2 is 2.06 bits per heavy atom. The van der Waals surface area contributed by atoms with Gasteiger partial charge in [-0.15, -0.1) is 0 Å². The van der Waals surface area contributed by atoms with Gasteiger partial charge in [-0.2, -0.15) is 0 Å². The zero-order chi connectivity index (χ0) is 13.4. The summed E-state index contributed by atoms with van der Waals surface area (Å²) in [6, 6.07) is 6.10. The Balaban J connectivity index is 2.69. The maximum atomic E-state index is 10.5. The molecule has 0 aliphatic rings. The molecule has 0 unspecified atom stereocenters. The molecule has 0 aromatic heterocycles. The summed E-state index contributed by atoms with van der Waals surface area (Å²) < 4.78 is 0. The van der Waals surface area contributed by atoms with Crippen molar-refractivity contribution in [2.45, 2.75) is 46.0 Å². The highest BCUT2D eigenvalue weighted by Crippen LogP contribution is 2.18. The Bertz CT molecular complexity index is 419. The van der Waals surface area contributed by atoms with E-state index in [4.69, 9.17) is 5.11 Å². The summed E-state index contributed by atoms with van der Waals surface area (Å²) in [5, 5.41) is 8.65. The lowest BCUT2D eigenvalue weighted by atomic mass is 9.97. The predicted octanol–water partition coefficient (Wildman–Crippen LogP) is 4.22. The monoisotopic (exact) mass is 246 g/mol. The number of carbonyl (C=O) groups is 1. The van der Waals surface area contributed by atoms with E-state index < -0.39 is 5.97 Å². The van der Waals surface area contributed by atoms with E-state index in [1.54, 1.807) is 6.08 Å². The summed E-state index contributed by atoms with van der Waals surface area (Å²) >= 11 is 0. The van der Waals surface area contributed by atoms with E-state index in [2.05, 4.69) is 19.9 Å². The fourth-order valence-corrected chi connectivity index (χ4v) is 2.06. The van der Waals surface area contributed by atoms with Gasteiger partial charge in [0.05, 0.1) is 0 Å². The first kappa shape index (κ1) is 14.5. The number of aryl methyl sites for hydroxylation is 1.